The van der Waals surface area contributed by atoms with Crippen molar-refractivity contribution in [1.82, 2.24) is 15.0 Å². The molecule has 0 saturated carbocycles. The van der Waals surface area contributed by atoms with Crippen molar-refractivity contribution < 1.29 is 4.39 Å². The third-order valence-corrected chi connectivity index (χ3v) is 3.05. The Bertz CT molecular complexity index is 537. The smallest absolute Gasteiger partial charge is 0.128 e. The minimum atomic E-state index is -0.227. The van der Waals surface area contributed by atoms with Crippen molar-refractivity contribution in [2.45, 2.75) is 32.2 Å². The highest BCUT2D eigenvalue weighted by molar-refractivity contribution is 6.16. The molecule has 0 aliphatic carbocycles. The summed E-state index contributed by atoms with van der Waals surface area (Å²) in [6, 6.07) is 6.69. The third kappa shape index (κ3) is 2.53. The van der Waals surface area contributed by atoms with Crippen LogP contribution in [0.3, 0.4) is 0 Å². The van der Waals surface area contributed by atoms with E-state index in [0.717, 1.165) is 11.4 Å². The molecule has 0 spiro atoms. The van der Waals surface area contributed by atoms with E-state index in [-0.39, 0.29) is 11.7 Å². The van der Waals surface area contributed by atoms with Crippen molar-refractivity contribution in [2.24, 2.45) is 0 Å². The zero-order valence-corrected chi connectivity index (χ0v) is 11.2. The Morgan fingerprint density at radius 3 is 2.67 bits per heavy atom. The maximum atomic E-state index is 13.6. The van der Waals surface area contributed by atoms with E-state index in [0.29, 0.717) is 18.0 Å². The summed E-state index contributed by atoms with van der Waals surface area (Å²) in [5.74, 6) is 0.348. The molecule has 0 unspecified atom stereocenters. The number of rotatable bonds is 4. The number of alkyl halides is 1. The van der Waals surface area contributed by atoms with Crippen LogP contribution >= 0.6 is 11.6 Å². The first-order valence-electron chi connectivity index (χ1n) is 5.85. The first-order valence-corrected chi connectivity index (χ1v) is 6.38. The van der Waals surface area contributed by atoms with Crippen LogP contribution in [0.25, 0.3) is 0 Å². The van der Waals surface area contributed by atoms with Gasteiger partial charge in [-0.25, -0.2) is 9.07 Å². The van der Waals surface area contributed by atoms with Crippen LogP contribution in [0, 0.1) is 5.82 Å². The lowest BCUT2D eigenvalue weighted by Gasteiger charge is -2.10. The molecule has 1 heterocycles. The molecule has 0 aliphatic rings. The van der Waals surface area contributed by atoms with Gasteiger partial charge in [0.15, 0.2) is 0 Å². The van der Waals surface area contributed by atoms with E-state index in [2.05, 4.69) is 10.3 Å². The summed E-state index contributed by atoms with van der Waals surface area (Å²) in [5, 5.41) is 8.10. The van der Waals surface area contributed by atoms with Crippen molar-refractivity contribution in [3.8, 4) is 0 Å². The number of benzene rings is 1. The molecule has 0 saturated heterocycles. The van der Waals surface area contributed by atoms with E-state index < -0.39 is 0 Å². The fourth-order valence-corrected chi connectivity index (χ4v) is 2.18. The van der Waals surface area contributed by atoms with Gasteiger partial charge in [-0.3, -0.25) is 0 Å². The predicted molar refractivity (Wildman–Crippen MR) is 69.2 cm³/mol. The van der Waals surface area contributed by atoms with Gasteiger partial charge in [-0.05, 0) is 12.0 Å². The van der Waals surface area contributed by atoms with Crippen LogP contribution in [-0.2, 0) is 12.4 Å². The van der Waals surface area contributed by atoms with Crippen LogP contribution < -0.4 is 0 Å². The summed E-state index contributed by atoms with van der Waals surface area (Å²) in [5.41, 5.74) is 2.33. The molecule has 18 heavy (non-hydrogen) atoms. The van der Waals surface area contributed by atoms with Crippen LogP contribution in [0.2, 0.25) is 0 Å². The average Bonchev–Trinajstić information content (AvgIpc) is 2.75. The quantitative estimate of drug-likeness (QED) is 0.796. The monoisotopic (exact) mass is 267 g/mol. The zero-order valence-electron chi connectivity index (χ0n) is 10.4. The summed E-state index contributed by atoms with van der Waals surface area (Å²) >= 11 is 5.83. The van der Waals surface area contributed by atoms with Crippen LogP contribution in [0.5, 0.6) is 0 Å². The second-order valence-corrected chi connectivity index (χ2v) is 4.73. The Morgan fingerprint density at radius 2 is 2.06 bits per heavy atom. The highest BCUT2D eigenvalue weighted by atomic mass is 35.5. The Kier molecular flexibility index (Phi) is 3.97. The normalized spacial score (nSPS) is 11.2. The Morgan fingerprint density at radius 1 is 1.33 bits per heavy atom. The highest BCUT2D eigenvalue weighted by Gasteiger charge is 2.16. The lowest BCUT2D eigenvalue weighted by molar-refractivity contribution is 0.557. The minimum absolute atomic E-state index is 0.227. The molecule has 2 aromatic rings. The highest BCUT2D eigenvalue weighted by Crippen LogP contribution is 2.20. The van der Waals surface area contributed by atoms with Gasteiger partial charge in [0.05, 0.1) is 18.1 Å². The molecule has 0 fully saturated rings. The van der Waals surface area contributed by atoms with E-state index in [1.807, 2.05) is 19.9 Å². The summed E-state index contributed by atoms with van der Waals surface area (Å²) < 4.78 is 15.3. The Labute approximate surface area is 111 Å². The molecule has 0 atom stereocenters. The molecular formula is C13H15ClFN3. The van der Waals surface area contributed by atoms with Gasteiger partial charge < -0.3 is 0 Å². The SMILES string of the molecule is CC(C)c1c(CCl)nnn1Cc1ccccc1F. The summed E-state index contributed by atoms with van der Waals surface area (Å²) in [6.07, 6.45) is 0. The van der Waals surface area contributed by atoms with Crippen molar-refractivity contribution in [3.05, 3.63) is 47.0 Å². The van der Waals surface area contributed by atoms with Crippen molar-refractivity contribution >= 4 is 11.6 Å². The summed E-state index contributed by atoms with van der Waals surface area (Å²) in [7, 11) is 0. The first kappa shape index (κ1) is 13.0. The van der Waals surface area contributed by atoms with Crippen molar-refractivity contribution in [2.75, 3.05) is 0 Å². The van der Waals surface area contributed by atoms with E-state index in [9.17, 15) is 4.39 Å². The zero-order chi connectivity index (χ0) is 13.1. The fourth-order valence-electron chi connectivity index (χ4n) is 1.99. The van der Waals surface area contributed by atoms with Gasteiger partial charge in [0.2, 0.25) is 0 Å². The van der Waals surface area contributed by atoms with Gasteiger partial charge >= 0.3 is 0 Å². The number of nitrogens with zero attached hydrogens (tertiary/aromatic N) is 3. The molecule has 5 heteroatoms. The van der Waals surface area contributed by atoms with Crippen molar-refractivity contribution in [1.29, 1.82) is 0 Å². The third-order valence-electron chi connectivity index (χ3n) is 2.80. The molecule has 0 radical (unpaired) electrons. The maximum absolute atomic E-state index is 13.6. The molecule has 2 rings (SSSR count). The predicted octanol–water partition coefficient (Wildman–Crippen LogP) is 3.33. The number of halogens is 2. The minimum Gasteiger partial charge on any atom is -0.244 e. The second kappa shape index (κ2) is 5.48. The number of hydrogen-bond acceptors (Lipinski definition) is 2. The number of aromatic nitrogens is 3. The van der Waals surface area contributed by atoms with Gasteiger partial charge in [0.25, 0.3) is 0 Å². The summed E-state index contributed by atoms with van der Waals surface area (Å²) in [6.45, 7) is 4.48. The molecule has 0 bridgehead atoms. The lowest BCUT2D eigenvalue weighted by atomic mass is 10.1. The lowest BCUT2D eigenvalue weighted by Crippen LogP contribution is -2.09. The molecule has 0 aliphatic heterocycles. The van der Waals surface area contributed by atoms with Crippen molar-refractivity contribution in [3.63, 3.8) is 0 Å². The van der Waals surface area contributed by atoms with Gasteiger partial charge in [-0.1, -0.05) is 37.3 Å². The molecule has 96 valence electrons. The van der Waals surface area contributed by atoms with E-state index in [4.69, 9.17) is 11.6 Å². The first-order chi connectivity index (χ1) is 8.63. The van der Waals surface area contributed by atoms with Gasteiger partial charge in [0.1, 0.15) is 11.5 Å². The molecule has 0 amide bonds. The molecular weight excluding hydrogens is 253 g/mol. The van der Waals surface area contributed by atoms with Gasteiger partial charge in [0, 0.05) is 5.56 Å². The second-order valence-electron chi connectivity index (χ2n) is 4.46. The van der Waals surface area contributed by atoms with Crippen LogP contribution in [-0.4, -0.2) is 15.0 Å². The van der Waals surface area contributed by atoms with Crippen LogP contribution in [0.1, 0.15) is 36.7 Å². The van der Waals surface area contributed by atoms with E-state index in [1.165, 1.54) is 6.07 Å². The fraction of sp³-hybridized carbons (Fsp3) is 0.385. The van der Waals surface area contributed by atoms with Crippen LogP contribution in [0.15, 0.2) is 24.3 Å². The molecule has 1 aromatic heterocycles. The average molecular weight is 268 g/mol. The van der Waals surface area contributed by atoms with Gasteiger partial charge in [-0.15, -0.1) is 16.7 Å². The standard InChI is InChI=1S/C13H15ClFN3/c1-9(2)13-12(7-14)16-17-18(13)8-10-5-3-4-6-11(10)15/h3-6,9H,7-8H2,1-2H3. The van der Waals surface area contributed by atoms with Gasteiger partial charge in [-0.2, -0.15) is 0 Å². The Balaban J connectivity index is 2.35. The maximum Gasteiger partial charge on any atom is 0.128 e. The topological polar surface area (TPSA) is 30.7 Å². The molecule has 3 nitrogen and oxygen atoms in total. The van der Waals surface area contributed by atoms with E-state index in [1.54, 1.807) is 16.8 Å². The van der Waals surface area contributed by atoms with E-state index >= 15 is 0 Å². The molecule has 1 aromatic carbocycles. The summed E-state index contributed by atoms with van der Waals surface area (Å²) in [4.78, 5) is 0. The number of hydrogen-bond donors (Lipinski definition) is 0. The van der Waals surface area contributed by atoms with Crippen LogP contribution in [0.4, 0.5) is 4.39 Å². The molecule has 0 N–H and O–H groups in total. The Hall–Kier alpha value is -1.42. The largest absolute Gasteiger partial charge is 0.244 e.